The lowest BCUT2D eigenvalue weighted by Crippen LogP contribution is -2.43. The summed E-state index contributed by atoms with van der Waals surface area (Å²) in [6.07, 6.45) is 6.51. The Morgan fingerprint density at radius 1 is 1.19 bits per heavy atom. The minimum Gasteiger partial charge on any atom is -0.354 e. The number of guanidine groups is 1. The van der Waals surface area contributed by atoms with Gasteiger partial charge >= 0.3 is 0 Å². The Kier molecular flexibility index (Phi) is 4.47. The number of rotatable bonds is 4. The third kappa shape index (κ3) is 3.58. The molecule has 1 aromatic carbocycles. The summed E-state index contributed by atoms with van der Waals surface area (Å²) in [7, 11) is 0. The first-order valence-electron chi connectivity index (χ1n) is 8.41. The van der Waals surface area contributed by atoms with E-state index >= 15 is 0 Å². The average Bonchev–Trinajstić information content (AvgIpc) is 3.03. The largest absolute Gasteiger partial charge is 0.354 e. The number of nitrogens with one attached hydrogen (secondary N) is 2. The number of benzene rings is 1. The highest BCUT2D eigenvalue weighted by atomic mass is 15.2. The van der Waals surface area contributed by atoms with Gasteiger partial charge in [-0.3, -0.25) is 4.99 Å². The van der Waals surface area contributed by atoms with E-state index in [2.05, 4.69) is 53.7 Å². The van der Waals surface area contributed by atoms with Crippen molar-refractivity contribution in [1.82, 2.24) is 10.6 Å². The van der Waals surface area contributed by atoms with Gasteiger partial charge in [0.05, 0.1) is 0 Å². The molecular formula is C18H27N3. The summed E-state index contributed by atoms with van der Waals surface area (Å²) in [5, 5.41) is 7.25. The molecule has 3 nitrogen and oxygen atoms in total. The van der Waals surface area contributed by atoms with Crippen LogP contribution >= 0.6 is 0 Å². The number of hydrogen-bond acceptors (Lipinski definition) is 1. The molecule has 3 heteroatoms. The molecule has 2 saturated carbocycles. The van der Waals surface area contributed by atoms with E-state index in [0.29, 0.717) is 18.0 Å². The van der Waals surface area contributed by atoms with E-state index < -0.39 is 0 Å². The predicted molar refractivity (Wildman–Crippen MR) is 88.8 cm³/mol. The maximum atomic E-state index is 4.61. The van der Waals surface area contributed by atoms with Crippen LogP contribution in [0.4, 0.5) is 0 Å². The van der Waals surface area contributed by atoms with Crippen molar-refractivity contribution in [2.75, 3.05) is 6.54 Å². The van der Waals surface area contributed by atoms with Crippen molar-refractivity contribution >= 4 is 5.96 Å². The van der Waals surface area contributed by atoms with Crippen LogP contribution in [0.1, 0.15) is 56.1 Å². The van der Waals surface area contributed by atoms with Crippen molar-refractivity contribution in [2.24, 2.45) is 4.99 Å². The van der Waals surface area contributed by atoms with Gasteiger partial charge in [-0.2, -0.15) is 0 Å². The lowest BCUT2D eigenvalue weighted by atomic mass is 10.0. The number of aryl methyl sites for hydroxylation is 1. The smallest absolute Gasteiger partial charge is 0.191 e. The fourth-order valence-corrected chi connectivity index (χ4v) is 3.43. The van der Waals surface area contributed by atoms with E-state index in [1.54, 1.807) is 0 Å². The van der Waals surface area contributed by atoms with Gasteiger partial charge in [-0.05, 0) is 44.2 Å². The van der Waals surface area contributed by atoms with Gasteiger partial charge in [0.2, 0.25) is 0 Å². The minimum atomic E-state index is 0.547. The zero-order chi connectivity index (χ0) is 14.7. The lowest BCUT2D eigenvalue weighted by molar-refractivity contribution is 0.610. The Balaban J connectivity index is 1.58. The highest BCUT2D eigenvalue weighted by molar-refractivity contribution is 5.81. The summed E-state index contributed by atoms with van der Waals surface area (Å²) in [5.41, 5.74) is 2.90. The highest BCUT2D eigenvalue weighted by Crippen LogP contribution is 2.42. The second-order valence-electron chi connectivity index (χ2n) is 6.40. The Morgan fingerprint density at radius 2 is 1.95 bits per heavy atom. The Morgan fingerprint density at radius 3 is 2.67 bits per heavy atom. The summed E-state index contributed by atoms with van der Waals surface area (Å²) < 4.78 is 0. The van der Waals surface area contributed by atoms with E-state index in [9.17, 15) is 0 Å². The van der Waals surface area contributed by atoms with Gasteiger partial charge in [-0.1, -0.05) is 37.1 Å². The molecule has 2 aliphatic carbocycles. The molecule has 2 unspecified atom stereocenters. The fourth-order valence-electron chi connectivity index (χ4n) is 3.43. The van der Waals surface area contributed by atoms with E-state index in [0.717, 1.165) is 12.5 Å². The zero-order valence-electron chi connectivity index (χ0n) is 13.2. The molecule has 0 bridgehead atoms. The van der Waals surface area contributed by atoms with Gasteiger partial charge < -0.3 is 10.6 Å². The van der Waals surface area contributed by atoms with Crippen molar-refractivity contribution in [3.63, 3.8) is 0 Å². The molecule has 21 heavy (non-hydrogen) atoms. The molecular weight excluding hydrogens is 258 g/mol. The standard InChI is InChI=1S/C18H27N3/c1-3-19-18(20-14-9-5-6-10-14)21-17-12-16(17)15-11-7-4-8-13(15)2/h4,7-8,11,14,16-17H,3,5-6,9-10,12H2,1-2H3,(H2,19,20,21). The molecule has 0 aliphatic heterocycles. The monoisotopic (exact) mass is 285 g/mol. The molecule has 0 amide bonds. The van der Waals surface area contributed by atoms with Crippen LogP contribution in [0.15, 0.2) is 29.3 Å². The second kappa shape index (κ2) is 6.50. The molecule has 2 N–H and O–H groups in total. The molecule has 1 aromatic rings. The average molecular weight is 285 g/mol. The first kappa shape index (κ1) is 14.4. The number of nitrogens with zero attached hydrogens (tertiary/aromatic N) is 1. The minimum absolute atomic E-state index is 0.547. The maximum absolute atomic E-state index is 4.61. The van der Waals surface area contributed by atoms with Crippen molar-refractivity contribution in [3.05, 3.63) is 35.4 Å². The fraction of sp³-hybridized carbons (Fsp3) is 0.611. The molecule has 0 aromatic heterocycles. The van der Waals surface area contributed by atoms with Crippen LogP contribution in [0.2, 0.25) is 0 Å². The van der Waals surface area contributed by atoms with E-state index in [-0.39, 0.29) is 0 Å². The number of aliphatic imine (C=N–C) groups is 1. The number of hydrogen-bond donors (Lipinski definition) is 2. The first-order valence-corrected chi connectivity index (χ1v) is 8.41. The van der Waals surface area contributed by atoms with Gasteiger partial charge in [-0.15, -0.1) is 0 Å². The summed E-state index contributed by atoms with van der Waals surface area (Å²) in [6.45, 7) is 5.15. The molecule has 2 atom stereocenters. The van der Waals surface area contributed by atoms with E-state index in [4.69, 9.17) is 0 Å². The first-order chi connectivity index (χ1) is 10.3. The van der Waals surface area contributed by atoms with E-state index in [1.807, 2.05) is 0 Å². The predicted octanol–water partition coefficient (Wildman–Crippen LogP) is 3.35. The van der Waals surface area contributed by atoms with Crippen molar-refractivity contribution in [3.8, 4) is 0 Å². The summed E-state index contributed by atoms with van der Waals surface area (Å²) in [4.78, 5) is 4.61. The molecule has 3 rings (SSSR count). The molecule has 2 aliphatic rings. The zero-order valence-corrected chi connectivity index (χ0v) is 13.2. The molecule has 0 saturated heterocycles. The van der Waals surface area contributed by atoms with Crippen molar-refractivity contribution in [2.45, 2.75) is 64.0 Å². The van der Waals surface area contributed by atoms with E-state index in [1.165, 1.54) is 43.2 Å². The van der Waals surface area contributed by atoms with Crippen LogP contribution in [0.5, 0.6) is 0 Å². The van der Waals surface area contributed by atoms with Gasteiger partial charge in [-0.25, -0.2) is 0 Å². The lowest BCUT2D eigenvalue weighted by Gasteiger charge is -2.17. The van der Waals surface area contributed by atoms with Crippen LogP contribution in [-0.4, -0.2) is 24.6 Å². The molecule has 0 spiro atoms. The summed E-state index contributed by atoms with van der Waals surface area (Å²) in [6, 6.07) is 9.92. The SMILES string of the molecule is CCN=C(NC1CCCC1)NC1CC1c1ccccc1C. The quantitative estimate of drug-likeness (QED) is 0.657. The van der Waals surface area contributed by atoms with Crippen molar-refractivity contribution in [1.29, 1.82) is 0 Å². The maximum Gasteiger partial charge on any atom is 0.191 e. The molecule has 0 heterocycles. The second-order valence-corrected chi connectivity index (χ2v) is 6.40. The normalized spacial score (nSPS) is 25.9. The van der Waals surface area contributed by atoms with Crippen LogP contribution in [-0.2, 0) is 0 Å². The molecule has 114 valence electrons. The van der Waals surface area contributed by atoms with Gasteiger partial charge in [0.25, 0.3) is 0 Å². The van der Waals surface area contributed by atoms with Crippen LogP contribution in [0.25, 0.3) is 0 Å². The summed E-state index contributed by atoms with van der Waals surface area (Å²) in [5.74, 6) is 1.67. The Labute approximate surface area is 128 Å². The molecule has 2 fully saturated rings. The Bertz CT molecular complexity index is 503. The van der Waals surface area contributed by atoms with Crippen LogP contribution in [0, 0.1) is 6.92 Å². The van der Waals surface area contributed by atoms with Crippen LogP contribution in [0.3, 0.4) is 0 Å². The van der Waals surface area contributed by atoms with Gasteiger partial charge in [0.15, 0.2) is 5.96 Å². The van der Waals surface area contributed by atoms with Crippen molar-refractivity contribution < 1.29 is 0 Å². The van der Waals surface area contributed by atoms with Gasteiger partial charge in [0, 0.05) is 24.5 Å². The topological polar surface area (TPSA) is 36.4 Å². The summed E-state index contributed by atoms with van der Waals surface area (Å²) >= 11 is 0. The van der Waals surface area contributed by atoms with Crippen LogP contribution < -0.4 is 10.6 Å². The molecule has 0 radical (unpaired) electrons. The third-order valence-electron chi connectivity index (χ3n) is 4.71. The third-order valence-corrected chi connectivity index (χ3v) is 4.71. The Hall–Kier alpha value is -1.51. The highest BCUT2D eigenvalue weighted by Gasteiger charge is 2.39. The van der Waals surface area contributed by atoms with Gasteiger partial charge in [0.1, 0.15) is 0 Å².